The van der Waals surface area contributed by atoms with Crippen LogP contribution in [0.25, 0.3) is 22.3 Å². The number of aromatic nitrogens is 2. The summed E-state index contributed by atoms with van der Waals surface area (Å²) in [6.07, 6.45) is 1.57. The fourth-order valence-corrected chi connectivity index (χ4v) is 3.92. The number of benzene rings is 4. The van der Waals surface area contributed by atoms with Gasteiger partial charge in [-0.1, -0.05) is 54.6 Å². The van der Waals surface area contributed by atoms with Crippen molar-refractivity contribution >= 4 is 23.1 Å². The van der Waals surface area contributed by atoms with Gasteiger partial charge in [-0.15, -0.1) is 0 Å². The lowest BCUT2D eigenvalue weighted by Crippen LogP contribution is -2.20. The predicted molar refractivity (Wildman–Crippen MR) is 145 cm³/mol. The zero-order valence-electron chi connectivity index (χ0n) is 20.4. The van der Waals surface area contributed by atoms with Crippen LogP contribution in [-0.4, -0.2) is 34.1 Å². The zero-order valence-corrected chi connectivity index (χ0v) is 20.4. The fraction of sp³-hybridized carbons (Fsp3) is 0.0667. The van der Waals surface area contributed by atoms with Gasteiger partial charge in [-0.3, -0.25) is 4.79 Å². The van der Waals surface area contributed by atoms with E-state index in [1.807, 2.05) is 36.4 Å². The second-order valence-electron chi connectivity index (χ2n) is 8.38. The lowest BCUT2D eigenvalue weighted by atomic mass is 10.1. The van der Waals surface area contributed by atoms with E-state index < -0.39 is 5.97 Å². The van der Waals surface area contributed by atoms with Crippen LogP contribution in [-0.2, 0) is 6.61 Å². The molecule has 0 atom stereocenters. The van der Waals surface area contributed by atoms with Gasteiger partial charge in [-0.05, 0) is 53.6 Å². The SMILES string of the molecule is COc1cc(C=Nn2c(-c3ccccc3)nc3ccccc3c2=O)ccc1OCc1ccc(C(=O)O)cc1. The smallest absolute Gasteiger partial charge is 0.335 e. The molecule has 38 heavy (non-hydrogen) atoms. The Morgan fingerprint density at radius 1 is 0.947 bits per heavy atom. The fourth-order valence-electron chi connectivity index (χ4n) is 3.92. The molecule has 0 amide bonds. The number of rotatable bonds is 8. The number of hydrogen-bond acceptors (Lipinski definition) is 6. The van der Waals surface area contributed by atoms with Crippen LogP contribution in [0.5, 0.6) is 11.5 Å². The number of nitrogens with zero attached hydrogens (tertiary/aromatic N) is 3. The van der Waals surface area contributed by atoms with Crippen LogP contribution < -0.4 is 15.0 Å². The monoisotopic (exact) mass is 505 g/mol. The third-order valence-corrected chi connectivity index (χ3v) is 5.89. The number of ether oxygens (including phenoxy) is 2. The molecule has 8 nitrogen and oxygen atoms in total. The minimum absolute atomic E-state index is 0.214. The minimum atomic E-state index is -0.978. The van der Waals surface area contributed by atoms with Gasteiger partial charge in [0.05, 0.1) is 29.8 Å². The number of carboxylic acids is 1. The molecule has 0 unspecified atom stereocenters. The van der Waals surface area contributed by atoms with Crippen LogP contribution in [0.4, 0.5) is 0 Å². The molecule has 0 aliphatic rings. The molecular weight excluding hydrogens is 482 g/mol. The van der Waals surface area contributed by atoms with Crippen molar-refractivity contribution in [3.63, 3.8) is 0 Å². The molecule has 0 radical (unpaired) electrons. The molecule has 1 aromatic heterocycles. The molecule has 1 N–H and O–H groups in total. The van der Waals surface area contributed by atoms with Crippen molar-refractivity contribution in [3.05, 3.63) is 124 Å². The van der Waals surface area contributed by atoms with Gasteiger partial charge in [-0.2, -0.15) is 9.78 Å². The van der Waals surface area contributed by atoms with Crippen molar-refractivity contribution in [2.24, 2.45) is 5.10 Å². The summed E-state index contributed by atoms with van der Waals surface area (Å²) in [5, 5.41) is 14.0. The highest BCUT2D eigenvalue weighted by Crippen LogP contribution is 2.28. The van der Waals surface area contributed by atoms with Crippen LogP contribution in [0.1, 0.15) is 21.5 Å². The lowest BCUT2D eigenvalue weighted by Gasteiger charge is -2.12. The molecule has 0 aliphatic heterocycles. The van der Waals surface area contributed by atoms with E-state index in [4.69, 9.17) is 19.6 Å². The Bertz CT molecular complexity index is 1690. The first kappa shape index (κ1) is 24.5. The number of para-hydroxylation sites is 1. The summed E-state index contributed by atoms with van der Waals surface area (Å²) in [4.78, 5) is 29.1. The Morgan fingerprint density at radius 3 is 2.42 bits per heavy atom. The zero-order chi connectivity index (χ0) is 26.5. The Kier molecular flexibility index (Phi) is 6.95. The number of methoxy groups -OCH3 is 1. The Balaban J connectivity index is 1.43. The average molecular weight is 506 g/mol. The topological polar surface area (TPSA) is 103 Å². The second kappa shape index (κ2) is 10.8. The molecule has 0 bridgehead atoms. The van der Waals surface area contributed by atoms with Gasteiger partial charge in [-0.25, -0.2) is 9.78 Å². The number of aromatic carboxylic acids is 1. The standard InChI is InChI=1S/C30H23N3O5/c1-37-27-17-21(13-16-26(27)38-19-20-11-14-23(15-12-20)30(35)36)18-31-33-28(22-7-3-2-4-8-22)32-25-10-6-5-9-24(25)29(33)34/h2-18H,19H2,1H3,(H,35,36). The molecule has 8 heteroatoms. The molecule has 0 saturated heterocycles. The van der Waals surface area contributed by atoms with E-state index >= 15 is 0 Å². The molecule has 5 rings (SSSR count). The Hall–Kier alpha value is -5.24. The largest absolute Gasteiger partial charge is 0.493 e. The van der Waals surface area contributed by atoms with E-state index in [-0.39, 0.29) is 17.7 Å². The molecular formula is C30H23N3O5. The van der Waals surface area contributed by atoms with Gasteiger partial charge in [0.25, 0.3) is 5.56 Å². The normalized spacial score (nSPS) is 11.1. The summed E-state index contributed by atoms with van der Waals surface area (Å²) in [6.45, 7) is 0.238. The van der Waals surface area contributed by atoms with Crippen LogP contribution in [0.15, 0.2) is 107 Å². The van der Waals surface area contributed by atoms with E-state index in [0.29, 0.717) is 33.8 Å². The number of carbonyl (C=O) groups is 1. The molecule has 188 valence electrons. The first-order valence-electron chi connectivity index (χ1n) is 11.8. The molecule has 0 aliphatic carbocycles. The summed E-state index contributed by atoms with van der Waals surface area (Å²) in [6, 6.07) is 28.4. The molecule has 5 aromatic rings. The average Bonchev–Trinajstić information content (AvgIpc) is 2.96. The van der Waals surface area contributed by atoms with Crippen molar-refractivity contribution in [1.82, 2.24) is 9.66 Å². The van der Waals surface area contributed by atoms with E-state index in [9.17, 15) is 9.59 Å². The lowest BCUT2D eigenvalue weighted by molar-refractivity contribution is 0.0697. The van der Waals surface area contributed by atoms with Crippen LogP contribution in [0, 0.1) is 0 Å². The van der Waals surface area contributed by atoms with Crippen molar-refractivity contribution in [2.45, 2.75) is 6.61 Å². The first-order valence-corrected chi connectivity index (χ1v) is 11.8. The maximum Gasteiger partial charge on any atom is 0.335 e. The molecule has 0 spiro atoms. The highest BCUT2D eigenvalue weighted by atomic mass is 16.5. The molecule has 0 saturated carbocycles. The van der Waals surface area contributed by atoms with Crippen LogP contribution in [0.3, 0.4) is 0 Å². The maximum absolute atomic E-state index is 13.3. The van der Waals surface area contributed by atoms with E-state index in [1.54, 1.807) is 54.7 Å². The van der Waals surface area contributed by atoms with Gasteiger partial charge in [0.1, 0.15) is 6.61 Å². The number of fused-ring (bicyclic) bond motifs is 1. The van der Waals surface area contributed by atoms with E-state index in [0.717, 1.165) is 11.1 Å². The first-order chi connectivity index (χ1) is 18.5. The molecule has 4 aromatic carbocycles. The third kappa shape index (κ3) is 5.15. The summed E-state index contributed by atoms with van der Waals surface area (Å²) < 4.78 is 12.7. The van der Waals surface area contributed by atoms with Gasteiger partial charge < -0.3 is 14.6 Å². The highest BCUT2D eigenvalue weighted by Gasteiger charge is 2.12. The third-order valence-electron chi connectivity index (χ3n) is 5.89. The van der Waals surface area contributed by atoms with Gasteiger partial charge >= 0.3 is 5.97 Å². The van der Waals surface area contributed by atoms with Crippen molar-refractivity contribution in [2.75, 3.05) is 7.11 Å². The summed E-state index contributed by atoms with van der Waals surface area (Å²) in [5.74, 6) is 0.463. The number of carboxylic acid groups (broad SMARTS) is 1. The van der Waals surface area contributed by atoms with Crippen LogP contribution in [0.2, 0.25) is 0 Å². The van der Waals surface area contributed by atoms with Crippen molar-refractivity contribution in [1.29, 1.82) is 0 Å². The summed E-state index contributed by atoms with van der Waals surface area (Å²) in [7, 11) is 1.54. The van der Waals surface area contributed by atoms with E-state index in [1.165, 1.54) is 23.9 Å². The summed E-state index contributed by atoms with van der Waals surface area (Å²) >= 11 is 0. The Morgan fingerprint density at radius 2 is 1.68 bits per heavy atom. The van der Waals surface area contributed by atoms with Crippen molar-refractivity contribution < 1.29 is 19.4 Å². The highest BCUT2D eigenvalue weighted by molar-refractivity contribution is 5.87. The van der Waals surface area contributed by atoms with Gasteiger partial charge in [0.2, 0.25) is 0 Å². The van der Waals surface area contributed by atoms with Crippen LogP contribution >= 0.6 is 0 Å². The maximum atomic E-state index is 13.3. The molecule has 0 fully saturated rings. The molecule has 1 heterocycles. The minimum Gasteiger partial charge on any atom is -0.493 e. The second-order valence-corrected chi connectivity index (χ2v) is 8.38. The van der Waals surface area contributed by atoms with Gasteiger partial charge in [0, 0.05) is 5.56 Å². The number of hydrogen-bond donors (Lipinski definition) is 1. The quantitative estimate of drug-likeness (QED) is 0.290. The van der Waals surface area contributed by atoms with E-state index in [2.05, 4.69) is 5.10 Å². The van der Waals surface area contributed by atoms with Gasteiger partial charge in [0.15, 0.2) is 17.3 Å². The summed E-state index contributed by atoms with van der Waals surface area (Å²) in [5.41, 5.74) is 2.82. The Labute approximate surface area is 218 Å². The predicted octanol–water partition coefficient (Wildman–Crippen LogP) is 5.23. The van der Waals surface area contributed by atoms with Crippen molar-refractivity contribution in [3.8, 4) is 22.9 Å².